The van der Waals surface area contributed by atoms with Crippen molar-refractivity contribution in [2.24, 2.45) is 0 Å². The van der Waals surface area contributed by atoms with Gasteiger partial charge in [0.1, 0.15) is 0 Å². The summed E-state index contributed by atoms with van der Waals surface area (Å²) in [7, 11) is 0. The Kier molecular flexibility index (Phi) is 5.02. The number of pyridine rings is 1. The van der Waals surface area contributed by atoms with Crippen molar-refractivity contribution in [2.45, 2.75) is 33.2 Å². The molecular formula is C17H20F2N2. The summed E-state index contributed by atoms with van der Waals surface area (Å²) in [6, 6.07) is 8.18. The van der Waals surface area contributed by atoms with Crippen molar-refractivity contribution >= 4 is 0 Å². The van der Waals surface area contributed by atoms with Gasteiger partial charge in [-0.05, 0) is 62.2 Å². The van der Waals surface area contributed by atoms with Gasteiger partial charge in [-0.15, -0.1) is 0 Å². The van der Waals surface area contributed by atoms with Gasteiger partial charge in [0.05, 0.1) is 0 Å². The first-order valence-electron chi connectivity index (χ1n) is 7.12. The van der Waals surface area contributed by atoms with E-state index < -0.39 is 11.6 Å². The van der Waals surface area contributed by atoms with Gasteiger partial charge in [-0.1, -0.05) is 13.0 Å². The minimum atomic E-state index is -0.811. The molecule has 1 aromatic carbocycles. The van der Waals surface area contributed by atoms with E-state index in [9.17, 15) is 8.78 Å². The van der Waals surface area contributed by atoms with Crippen molar-refractivity contribution in [3.63, 3.8) is 0 Å². The highest BCUT2D eigenvalue weighted by Crippen LogP contribution is 2.21. The molecule has 0 saturated carbocycles. The van der Waals surface area contributed by atoms with Gasteiger partial charge >= 0.3 is 0 Å². The molecule has 0 radical (unpaired) electrons. The highest BCUT2D eigenvalue weighted by molar-refractivity contribution is 5.27. The van der Waals surface area contributed by atoms with Crippen LogP contribution in [0.2, 0.25) is 0 Å². The average molecular weight is 290 g/mol. The number of hydrogen-bond donors (Lipinski definition) is 1. The lowest BCUT2D eigenvalue weighted by atomic mass is 9.98. The van der Waals surface area contributed by atoms with Gasteiger partial charge in [0.15, 0.2) is 11.6 Å². The Morgan fingerprint density at radius 1 is 1.05 bits per heavy atom. The Labute approximate surface area is 124 Å². The van der Waals surface area contributed by atoms with Crippen molar-refractivity contribution < 1.29 is 8.78 Å². The predicted octanol–water partition coefficient (Wildman–Crippen LogP) is 3.87. The summed E-state index contributed by atoms with van der Waals surface area (Å²) in [6.07, 6.45) is 0.605. The quantitative estimate of drug-likeness (QED) is 0.904. The van der Waals surface area contributed by atoms with E-state index in [1.807, 2.05) is 32.9 Å². The lowest BCUT2D eigenvalue weighted by molar-refractivity contribution is 0.502. The van der Waals surface area contributed by atoms with E-state index in [0.717, 1.165) is 29.1 Å². The Hall–Kier alpha value is -1.81. The lowest BCUT2D eigenvalue weighted by Crippen LogP contribution is -2.23. The number of hydrogen-bond acceptors (Lipinski definition) is 2. The van der Waals surface area contributed by atoms with Crippen LogP contribution >= 0.6 is 0 Å². The van der Waals surface area contributed by atoms with Crippen LogP contribution in [-0.2, 0) is 6.42 Å². The maximum atomic E-state index is 13.3. The Bertz CT molecular complexity index is 606. The Balaban J connectivity index is 2.27. The van der Waals surface area contributed by atoms with E-state index in [1.54, 1.807) is 6.07 Å². The molecule has 2 aromatic rings. The van der Waals surface area contributed by atoms with E-state index >= 15 is 0 Å². The molecule has 21 heavy (non-hydrogen) atoms. The number of rotatable bonds is 5. The summed E-state index contributed by atoms with van der Waals surface area (Å²) in [6.45, 7) is 6.74. The summed E-state index contributed by atoms with van der Waals surface area (Å²) in [5.74, 6) is -1.61. The number of nitrogens with zero attached hydrogens (tertiary/aromatic N) is 1. The third-order valence-electron chi connectivity index (χ3n) is 3.38. The normalized spacial score (nSPS) is 12.4. The number of nitrogens with one attached hydrogen (secondary N) is 1. The van der Waals surface area contributed by atoms with Crippen molar-refractivity contribution in [1.29, 1.82) is 0 Å². The molecule has 1 heterocycles. The number of aromatic nitrogens is 1. The van der Waals surface area contributed by atoms with Crippen LogP contribution in [-0.4, -0.2) is 11.5 Å². The standard InChI is InChI=1S/C17H20F2N2/c1-4-20-17(14-7-11(2)21-12(3)8-14)10-13-5-6-15(18)16(19)9-13/h5-9,17,20H,4,10H2,1-3H3. The molecule has 0 saturated heterocycles. The van der Waals surface area contributed by atoms with E-state index in [1.165, 1.54) is 12.1 Å². The van der Waals surface area contributed by atoms with Crippen molar-refractivity contribution in [2.75, 3.05) is 6.54 Å². The van der Waals surface area contributed by atoms with Crippen LogP contribution in [0.1, 0.15) is 35.5 Å². The lowest BCUT2D eigenvalue weighted by Gasteiger charge is -2.19. The first-order chi connectivity index (χ1) is 9.99. The van der Waals surface area contributed by atoms with Gasteiger partial charge < -0.3 is 5.32 Å². The topological polar surface area (TPSA) is 24.9 Å². The van der Waals surface area contributed by atoms with Crippen LogP contribution in [0.4, 0.5) is 8.78 Å². The maximum absolute atomic E-state index is 13.3. The number of benzene rings is 1. The van der Waals surface area contributed by atoms with Crippen LogP contribution in [0.25, 0.3) is 0 Å². The highest BCUT2D eigenvalue weighted by Gasteiger charge is 2.14. The molecule has 2 nitrogen and oxygen atoms in total. The highest BCUT2D eigenvalue weighted by atomic mass is 19.2. The zero-order valence-corrected chi connectivity index (χ0v) is 12.6. The SMILES string of the molecule is CCNC(Cc1ccc(F)c(F)c1)c1cc(C)nc(C)c1. The first kappa shape index (κ1) is 15.6. The van der Waals surface area contributed by atoms with Gasteiger partial charge in [-0.25, -0.2) is 8.78 Å². The molecule has 0 aliphatic rings. The fourth-order valence-electron chi connectivity index (χ4n) is 2.52. The number of halogens is 2. The Morgan fingerprint density at radius 2 is 1.71 bits per heavy atom. The van der Waals surface area contributed by atoms with E-state index in [2.05, 4.69) is 10.3 Å². The van der Waals surface area contributed by atoms with E-state index in [4.69, 9.17) is 0 Å². The summed E-state index contributed by atoms with van der Waals surface area (Å²) < 4.78 is 26.4. The second kappa shape index (κ2) is 6.76. The van der Waals surface area contributed by atoms with Gasteiger partial charge in [-0.3, -0.25) is 4.98 Å². The molecule has 1 unspecified atom stereocenters. The van der Waals surface area contributed by atoms with Crippen LogP contribution in [0.15, 0.2) is 30.3 Å². The smallest absolute Gasteiger partial charge is 0.159 e. The number of aryl methyl sites for hydroxylation is 2. The monoisotopic (exact) mass is 290 g/mol. The molecule has 0 fully saturated rings. The van der Waals surface area contributed by atoms with Gasteiger partial charge in [0.25, 0.3) is 0 Å². The molecule has 112 valence electrons. The van der Waals surface area contributed by atoms with Gasteiger partial charge in [-0.2, -0.15) is 0 Å². The molecule has 0 aliphatic carbocycles. The third kappa shape index (κ3) is 4.08. The second-order valence-electron chi connectivity index (χ2n) is 5.25. The minimum Gasteiger partial charge on any atom is -0.310 e. The minimum absolute atomic E-state index is 0.0558. The molecule has 0 spiro atoms. The second-order valence-corrected chi connectivity index (χ2v) is 5.25. The number of likely N-dealkylation sites (N-methyl/N-ethyl adjacent to an activating group) is 1. The fourth-order valence-corrected chi connectivity index (χ4v) is 2.52. The molecule has 1 aromatic heterocycles. The van der Waals surface area contributed by atoms with Gasteiger partial charge in [0, 0.05) is 17.4 Å². The zero-order chi connectivity index (χ0) is 15.4. The fraction of sp³-hybridized carbons (Fsp3) is 0.353. The first-order valence-corrected chi connectivity index (χ1v) is 7.12. The molecule has 0 bridgehead atoms. The molecule has 4 heteroatoms. The zero-order valence-electron chi connectivity index (χ0n) is 12.6. The van der Waals surface area contributed by atoms with Crippen LogP contribution in [0.5, 0.6) is 0 Å². The molecule has 2 rings (SSSR count). The van der Waals surface area contributed by atoms with Gasteiger partial charge in [0.2, 0.25) is 0 Å². The third-order valence-corrected chi connectivity index (χ3v) is 3.38. The van der Waals surface area contributed by atoms with Crippen molar-refractivity contribution in [3.05, 3.63) is 64.5 Å². The van der Waals surface area contributed by atoms with Crippen LogP contribution in [0.3, 0.4) is 0 Å². The summed E-state index contributed by atoms with van der Waals surface area (Å²) >= 11 is 0. The van der Waals surface area contributed by atoms with Crippen molar-refractivity contribution in [1.82, 2.24) is 10.3 Å². The maximum Gasteiger partial charge on any atom is 0.159 e. The van der Waals surface area contributed by atoms with Crippen molar-refractivity contribution in [3.8, 4) is 0 Å². The summed E-state index contributed by atoms with van der Waals surface area (Å²) in [5, 5.41) is 3.39. The average Bonchev–Trinajstić information content (AvgIpc) is 2.41. The molecule has 0 aliphatic heterocycles. The molecule has 0 amide bonds. The molecule has 1 N–H and O–H groups in total. The predicted molar refractivity (Wildman–Crippen MR) is 80.2 cm³/mol. The summed E-state index contributed by atoms with van der Waals surface area (Å²) in [4.78, 5) is 4.37. The van der Waals surface area contributed by atoms with E-state index in [-0.39, 0.29) is 6.04 Å². The van der Waals surface area contributed by atoms with Crippen LogP contribution < -0.4 is 5.32 Å². The summed E-state index contributed by atoms with van der Waals surface area (Å²) in [5.41, 5.74) is 3.80. The van der Waals surface area contributed by atoms with Crippen LogP contribution in [0, 0.1) is 25.5 Å². The molecule has 1 atom stereocenters. The largest absolute Gasteiger partial charge is 0.310 e. The Morgan fingerprint density at radius 3 is 2.29 bits per heavy atom. The van der Waals surface area contributed by atoms with E-state index in [0.29, 0.717) is 6.42 Å². The molecular weight excluding hydrogens is 270 g/mol.